The molecule has 2 aromatic rings. The van der Waals surface area contributed by atoms with Crippen LogP contribution in [0.3, 0.4) is 0 Å². The summed E-state index contributed by atoms with van der Waals surface area (Å²) in [7, 11) is 0. The number of aromatic nitrogens is 2. The second kappa shape index (κ2) is 5.69. The topological polar surface area (TPSA) is 64.1 Å². The van der Waals surface area contributed by atoms with E-state index in [9.17, 15) is 4.79 Å². The third kappa shape index (κ3) is 3.78. The molecule has 1 N–H and O–H groups in total. The Morgan fingerprint density at radius 1 is 1.05 bits per heavy atom. The van der Waals surface area contributed by atoms with Gasteiger partial charge in [0.15, 0.2) is 5.82 Å². The van der Waals surface area contributed by atoms with Crippen molar-refractivity contribution in [3.63, 3.8) is 0 Å². The Morgan fingerprint density at radius 2 is 1.75 bits per heavy atom. The van der Waals surface area contributed by atoms with Crippen LogP contribution >= 0.6 is 0 Å². The molecule has 0 bridgehead atoms. The number of nitrogens with zero attached hydrogens (tertiary/aromatic N) is 2. The fourth-order valence-corrected chi connectivity index (χ4v) is 1.52. The number of ether oxygens (including phenoxy) is 1. The van der Waals surface area contributed by atoms with Crippen LogP contribution < -0.4 is 10.1 Å². The van der Waals surface area contributed by atoms with Crippen molar-refractivity contribution in [3.05, 3.63) is 48.2 Å². The second-order valence-electron chi connectivity index (χ2n) is 5.38. The fourth-order valence-electron chi connectivity index (χ4n) is 1.52. The Kier molecular flexibility index (Phi) is 3.98. The average molecular weight is 271 g/mol. The maximum atomic E-state index is 11.7. The Morgan fingerprint density at radius 3 is 2.30 bits per heavy atom. The highest BCUT2D eigenvalue weighted by atomic mass is 16.6. The van der Waals surface area contributed by atoms with Crippen LogP contribution in [0.1, 0.15) is 26.5 Å². The summed E-state index contributed by atoms with van der Waals surface area (Å²) in [5, 5.41) is 10.6. The van der Waals surface area contributed by atoms with E-state index < -0.39 is 6.09 Å². The molecule has 0 radical (unpaired) electrons. The Hall–Kier alpha value is -2.43. The normalized spacial score (nSPS) is 10.9. The zero-order chi connectivity index (χ0) is 14.6. The van der Waals surface area contributed by atoms with Crippen LogP contribution in [0.4, 0.5) is 10.6 Å². The molecule has 0 saturated heterocycles. The number of hydrogen-bond donors (Lipinski definition) is 1. The molecule has 0 unspecified atom stereocenters. The summed E-state index contributed by atoms with van der Waals surface area (Å²) in [4.78, 5) is 11.7. The molecule has 5 heteroatoms. The minimum atomic E-state index is -0.589. The van der Waals surface area contributed by atoms with Crippen molar-refractivity contribution in [2.45, 2.75) is 26.2 Å². The quantitative estimate of drug-likeness (QED) is 0.909. The lowest BCUT2D eigenvalue weighted by molar-refractivity contribution is 0.215. The molecular weight excluding hydrogens is 254 g/mol. The number of para-hydroxylation sites is 1. The van der Waals surface area contributed by atoms with Crippen LogP contribution in [0.2, 0.25) is 0 Å². The van der Waals surface area contributed by atoms with Gasteiger partial charge in [0.05, 0.1) is 5.69 Å². The molecule has 0 saturated carbocycles. The van der Waals surface area contributed by atoms with Gasteiger partial charge in [-0.3, -0.25) is 5.32 Å². The van der Waals surface area contributed by atoms with Crippen LogP contribution in [0.25, 0.3) is 0 Å². The summed E-state index contributed by atoms with van der Waals surface area (Å²) in [6, 6.07) is 12.4. The molecule has 0 atom stereocenters. The van der Waals surface area contributed by atoms with Gasteiger partial charge < -0.3 is 4.74 Å². The third-order valence-electron chi connectivity index (χ3n) is 2.62. The van der Waals surface area contributed by atoms with E-state index in [4.69, 9.17) is 4.74 Å². The maximum absolute atomic E-state index is 11.7. The lowest BCUT2D eigenvalue weighted by Crippen LogP contribution is -2.19. The largest absolute Gasteiger partial charge is 0.418 e. The van der Waals surface area contributed by atoms with Crippen LogP contribution in [0.5, 0.6) is 5.75 Å². The molecule has 0 aliphatic heterocycles. The minimum Gasteiger partial charge on any atom is -0.410 e. The van der Waals surface area contributed by atoms with Crippen LogP contribution in [0.15, 0.2) is 42.5 Å². The van der Waals surface area contributed by atoms with E-state index in [0.29, 0.717) is 11.6 Å². The summed E-state index contributed by atoms with van der Waals surface area (Å²) in [6.45, 7) is 6.15. The first kappa shape index (κ1) is 14.0. The van der Waals surface area contributed by atoms with Crippen molar-refractivity contribution in [1.29, 1.82) is 0 Å². The van der Waals surface area contributed by atoms with Gasteiger partial charge in [-0.2, -0.15) is 5.10 Å². The second-order valence-corrected chi connectivity index (χ2v) is 5.38. The van der Waals surface area contributed by atoms with Crippen molar-refractivity contribution in [2.24, 2.45) is 0 Å². The summed E-state index contributed by atoms with van der Waals surface area (Å²) < 4.78 is 5.10. The van der Waals surface area contributed by atoms with Gasteiger partial charge in [0.25, 0.3) is 0 Å². The van der Waals surface area contributed by atoms with Gasteiger partial charge >= 0.3 is 6.09 Å². The van der Waals surface area contributed by atoms with Gasteiger partial charge in [0, 0.05) is 5.41 Å². The van der Waals surface area contributed by atoms with Crippen molar-refractivity contribution >= 4 is 11.9 Å². The zero-order valence-corrected chi connectivity index (χ0v) is 11.8. The number of anilines is 1. The summed E-state index contributed by atoms with van der Waals surface area (Å²) >= 11 is 0. The van der Waals surface area contributed by atoms with E-state index in [1.165, 1.54) is 0 Å². The van der Waals surface area contributed by atoms with Gasteiger partial charge in [-0.15, -0.1) is 5.10 Å². The molecule has 0 aliphatic carbocycles. The molecule has 5 nitrogen and oxygen atoms in total. The average Bonchev–Trinajstić information content (AvgIpc) is 2.39. The van der Waals surface area contributed by atoms with Crippen LogP contribution in [0, 0.1) is 0 Å². The van der Waals surface area contributed by atoms with E-state index in [1.54, 1.807) is 30.3 Å². The number of rotatable bonds is 2. The number of hydrogen-bond acceptors (Lipinski definition) is 4. The smallest absolute Gasteiger partial charge is 0.410 e. The van der Waals surface area contributed by atoms with Crippen molar-refractivity contribution in [3.8, 4) is 5.75 Å². The third-order valence-corrected chi connectivity index (χ3v) is 2.62. The Labute approximate surface area is 118 Å². The zero-order valence-electron chi connectivity index (χ0n) is 11.8. The van der Waals surface area contributed by atoms with E-state index in [-0.39, 0.29) is 5.41 Å². The lowest BCUT2D eigenvalue weighted by atomic mass is 9.92. The van der Waals surface area contributed by atoms with Crippen molar-refractivity contribution in [1.82, 2.24) is 10.2 Å². The molecule has 1 heterocycles. The van der Waals surface area contributed by atoms with E-state index in [1.807, 2.05) is 32.9 Å². The van der Waals surface area contributed by atoms with Crippen LogP contribution in [-0.2, 0) is 5.41 Å². The van der Waals surface area contributed by atoms with E-state index >= 15 is 0 Å². The standard InChI is InChI=1S/C15H17N3O2/c1-15(2,3)12-9-10-13(18-17-12)16-14(19)20-11-7-5-4-6-8-11/h4-10H,1-3H3,(H,16,18,19). The SMILES string of the molecule is CC(C)(C)c1ccc(NC(=O)Oc2ccccc2)nn1. The van der Waals surface area contributed by atoms with Gasteiger partial charge in [0.2, 0.25) is 0 Å². The van der Waals surface area contributed by atoms with Gasteiger partial charge in [-0.1, -0.05) is 39.0 Å². The van der Waals surface area contributed by atoms with Gasteiger partial charge in [-0.05, 0) is 24.3 Å². The highest BCUT2D eigenvalue weighted by molar-refractivity contribution is 5.84. The Balaban J connectivity index is 1.98. The highest BCUT2D eigenvalue weighted by Gasteiger charge is 2.16. The number of benzene rings is 1. The molecule has 104 valence electrons. The van der Waals surface area contributed by atoms with E-state index in [2.05, 4.69) is 15.5 Å². The molecule has 0 fully saturated rings. The lowest BCUT2D eigenvalue weighted by Gasteiger charge is -2.16. The molecule has 1 amide bonds. The van der Waals surface area contributed by atoms with Crippen molar-refractivity contribution in [2.75, 3.05) is 5.32 Å². The summed E-state index contributed by atoms with van der Waals surface area (Å²) in [5.41, 5.74) is 0.787. The van der Waals surface area contributed by atoms with E-state index in [0.717, 1.165) is 5.69 Å². The highest BCUT2D eigenvalue weighted by Crippen LogP contribution is 2.19. The first-order valence-corrected chi connectivity index (χ1v) is 6.33. The monoisotopic (exact) mass is 271 g/mol. The Bertz CT molecular complexity index is 574. The molecule has 20 heavy (non-hydrogen) atoms. The molecular formula is C15H17N3O2. The van der Waals surface area contributed by atoms with Crippen molar-refractivity contribution < 1.29 is 9.53 Å². The molecule has 2 rings (SSSR count). The molecule has 1 aromatic carbocycles. The maximum Gasteiger partial charge on any atom is 0.418 e. The fraction of sp³-hybridized carbons (Fsp3) is 0.267. The summed E-state index contributed by atoms with van der Waals surface area (Å²) in [5.74, 6) is 0.836. The minimum absolute atomic E-state index is 0.0733. The molecule has 1 aromatic heterocycles. The van der Waals surface area contributed by atoms with Gasteiger partial charge in [0.1, 0.15) is 5.75 Å². The van der Waals surface area contributed by atoms with Crippen LogP contribution in [-0.4, -0.2) is 16.3 Å². The molecule has 0 spiro atoms. The number of amides is 1. The number of carbonyl (C=O) groups excluding carboxylic acids is 1. The first-order chi connectivity index (χ1) is 9.45. The molecule has 0 aliphatic rings. The van der Waals surface area contributed by atoms with Gasteiger partial charge in [-0.25, -0.2) is 4.79 Å². The summed E-state index contributed by atoms with van der Waals surface area (Å²) in [6.07, 6.45) is -0.589. The first-order valence-electron chi connectivity index (χ1n) is 6.33. The predicted octanol–water partition coefficient (Wildman–Crippen LogP) is 3.39. The number of carbonyl (C=O) groups is 1. The number of nitrogens with one attached hydrogen (secondary N) is 1. The predicted molar refractivity (Wildman–Crippen MR) is 76.8 cm³/mol.